The van der Waals surface area contributed by atoms with Crippen LogP contribution in [0.25, 0.3) is 0 Å². The van der Waals surface area contributed by atoms with Gasteiger partial charge in [-0.25, -0.2) is 9.78 Å². The van der Waals surface area contributed by atoms with Crippen LogP contribution in [0.3, 0.4) is 0 Å². The van der Waals surface area contributed by atoms with E-state index in [1.54, 1.807) is 12.3 Å². The number of rotatable bonds is 6. The Morgan fingerprint density at radius 3 is 3.13 bits per heavy atom. The summed E-state index contributed by atoms with van der Waals surface area (Å²) in [6, 6.07) is 1.67. The van der Waals surface area contributed by atoms with Gasteiger partial charge in [0.15, 0.2) is 0 Å². The standard InChI is InChI=1S/C10H17N3O2/c1-2-4-11-7-9(14)8-13-6-3-5-12-10(13)15/h3,5-6,9,11,14H,2,4,7-8H2,1H3. The molecule has 0 spiro atoms. The van der Waals surface area contributed by atoms with Gasteiger partial charge in [-0.1, -0.05) is 6.92 Å². The summed E-state index contributed by atoms with van der Waals surface area (Å²) in [6.07, 6.45) is 3.54. The monoisotopic (exact) mass is 211 g/mol. The van der Waals surface area contributed by atoms with Crippen LogP contribution in [0.15, 0.2) is 23.3 Å². The summed E-state index contributed by atoms with van der Waals surface area (Å²) in [5.41, 5.74) is -0.327. The molecular weight excluding hydrogens is 194 g/mol. The molecule has 2 N–H and O–H groups in total. The molecule has 5 heteroatoms. The van der Waals surface area contributed by atoms with Crippen molar-refractivity contribution in [3.05, 3.63) is 28.9 Å². The molecule has 1 atom stereocenters. The lowest BCUT2D eigenvalue weighted by atomic mass is 10.3. The SMILES string of the molecule is CCCNCC(O)Cn1cccnc1=O. The normalized spacial score (nSPS) is 12.7. The smallest absolute Gasteiger partial charge is 0.347 e. The van der Waals surface area contributed by atoms with Gasteiger partial charge in [-0.05, 0) is 19.0 Å². The molecule has 0 aromatic carbocycles. The minimum Gasteiger partial charge on any atom is -0.390 e. The maximum absolute atomic E-state index is 11.2. The molecule has 0 saturated carbocycles. The molecule has 1 aromatic rings. The van der Waals surface area contributed by atoms with E-state index < -0.39 is 6.10 Å². The Balaban J connectivity index is 2.41. The van der Waals surface area contributed by atoms with Crippen LogP contribution in [0.4, 0.5) is 0 Å². The highest BCUT2D eigenvalue weighted by molar-refractivity contribution is 4.81. The number of nitrogens with zero attached hydrogens (tertiary/aromatic N) is 2. The van der Waals surface area contributed by atoms with Crippen molar-refractivity contribution in [1.82, 2.24) is 14.9 Å². The Bertz CT molecular complexity index is 337. The Labute approximate surface area is 88.8 Å². The van der Waals surface area contributed by atoms with Crippen molar-refractivity contribution >= 4 is 0 Å². The zero-order chi connectivity index (χ0) is 11.1. The van der Waals surface area contributed by atoms with Gasteiger partial charge in [0.2, 0.25) is 0 Å². The molecule has 0 amide bonds. The highest BCUT2D eigenvalue weighted by Gasteiger charge is 2.05. The lowest BCUT2D eigenvalue weighted by molar-refractivity contribution is 0.150. The molecule has 0 aliphatic heterocycles. The number of nitrogens with one attached hydrogen (secondary N) is 1. The van der Waals surface area contributed by atoms with Crippen LogP contribution in [-0.2, 0) is 6.54 Å². The van der Waals surface area contributed by atoms with E-state index in [4.69, 9.17) is 0 Å². The molecule has 1 aromatic heterocycles. The summed E-state index contributed by atoms with van der Waals surface area (Å²) in [6.45, 7) is 3.71. The van der Waals surface area contributed by atoms with Gasteiger partial charge in [0.05, 0.1) is 12.6 Å². The van der Waals surface area contributed by atoms with E-state index in [1.807, 2.05) is 0 Å². The van der Waals surface area contributed by atoms with Crippen molar-refractivity contribution in [2.24, 2.45) is 0 Å². The van der Waals surface area contributed by atoms with E-state index in [-0.39, 0.29) is 12.2 Å². The van der Waals surface area contributed by atoms with Crippen molar-refractivity contribution < 1.29 is 5.11 Å². The van der Waals surface area contributed by atoms with Gasteiger partial charge in [0.25, 0.3) is 0 Å². The lowest BCUT2D eigenvalue weighted by Gasteiger charge is -2.12. The summed E-state index contributed by atoms with van der Waals surface area (Å²) in [5, 5.41) is 12.7. The third-order valence-electron chi connectivity index (χ3n) is 2.00. The number of aliphatic hydroxyl groups excluding tert-OH is 1. The lowest BCUT2D eigenvalue weighted by Crippen LogP contribution is -2.34. The maximum Gasteiger partial charge on any atom is 0.347 e. The highest BCUT2D eigenvalue weighted by Crippen LogP contribution is 1.87. The number of hydrogen-bond donors (Lipinski definition) is 2. The van der Waals surface area contributed by atoms with E-state index in [0.29, 0.717) is 6.54 Å². The van der Waals surface area contributed by atoms with E-state index in [9.17, 15) is 9.90 Å². The van der Waals surface area contributed by atoms with Crippen LogP contribution < -0.4 is 11.0 Å². The third kappa shape index (κ3) is 4.22. The van der Waals surface area contributed by atoms with E-state index in [2.05, 4.69) is 17.2 Å². The van der Waals surface area contributed by atoms with Crippen LogP contribution in [0, 0.1) is 0 Å². The number of aromatic nitrogens is 2. The van der Waals surface area contributed by atoms with Crippen molar-refractivity contribution in [3.8, 4) is 0 Å². The first-order valence-electron chi connectivity index (χ1n) is 5.14. The zero-order valence-electron chi connectivity index (χ0n) is 8.89. The topological polar surface area (TPSA) is 67.2 Å². The van der Waals surface area contributed by atoms with Gasteiger partial charge in [-0.15, -0.1) is 0 Å². The summed E-state index contributed by atoms with van der Waals surface area (Å²) >= 11 is 0. The molecule has 0 aliphatic rings. The Morgan fingerprint density at radius 2 is 2.47 bits per heavy atom. The molecule has 0 aliphatic carbocycles. The first kappa shape index (κ1) is 11.9. The van der Waals surface area contributed by atoms with Crippen LogP contribution >= 0.6 is 0 Å². The Kier molecular flexibility index (Phi) is 5.00. The molecule has 0 bridgehead atoms. The summed E-state index contributed by atoms with van der Waals surface area (Å²) in [4.78, 5) is 14.8. The minimum atomic E-state index is -0.557. The van der Waals surface area contributed by atoms with Crippen LogP contribution in [0.1, 0.15) is 13.3 Å². The predicted molar refractivity (Wildman–Crippen MR) is 57.7 cm³/mol. The van der Waals surface area contributed by atoms with Gasteiger partial charge in [-0.2, -0.15) is 0 Å². The molecule has 1 rings (SSSR count). The number of aliphatic hydroxyl groups is 1. The average Bonchev–Trinajstić information content (AvgIpc) is 2.22. The molecule has 0 saturated heterocycles. The molecule has 1 heterocycles. The second kappa shape index (κ2) is 6.31. The molecule has 0 fully saturated rings. The predicted octanol–water partition coefficient (Wildman–Crippen LogP) is -0.396. The van der Waals surface area contributed by atoms with E-state index in [0.717, 1.165) is 13.0 Å². The molecule has 1 unspecified atom stereocenters. The molecule has 5 nitrogen and oxygen atoms in total. The molecular formula is C10H17N3O2. The zero-order valence-corrected chi connectivity index (χ0v) is 8.89. The second-order valence-corrected chi connectivity index (χ2v) is 3.41. The molecule has 84 valence electrons. The first-order valence-corrected chi connectivity index (χ1v) is 5.14. The van der Waals surface area contributed by atoms with Gasteiger partial charge in [0.1, 0.15) is 0 Å². The summed E-state index contributed by atoms with van der Waals surface area (Å²) in [5.74, 6) is 0. The van der Waals surface area contributed by atoms with Crippen molar-refractivity contribution in [2.45, 2.75) is 26.0 Å². The van der Waals surface area contributed by atoms with Gasteiger partial charge in [-0.3, -0.25) is 4.57 Å². The van der Waals surface area contributed by atoms with Crippen molar-refractivity contribution in [2.75, 3.05) is 13.1 Å². The first-order chi connectivity index (χ1) is 7.24. The van der Waals surface area contributed by atoms with Crippen LogP contribution in [-0.4, -0.2) is 33.9 Å². The Hall–Kier alpha value is -1.20. The Morgan fingerprint density at radius 1 is 1.67 bits per heavy atom. The summed E-state index contributed by atoms with van der Waals surface area (Å²) < 4.78 is 1.40. The third-order valence-corrected chi connectivity index (χ3v) is 2.00. The molecule has 15 heavy (non-hydrogen) atoms. The average molecular weight is 211 g/mol. The highest BCUT2D eigenvalue weighted by atomic mass is 16.3. The van der Waals surface area contributed by atoms with E-state index in [1.165, 1.54) is 10.8 Å². The quantitative estimate of drug-likeness (QED) is 0.629. The van der Waals surface area contributed by atoms with Crippen molar-refractivity contribution in [1.29, 1.82) is 0 Å². The largest absolute Gasteiger partial charge is 0.390 e. The fraction of sp³-hybridized carbons (Fsp3) is 0.600. The van der Waals surface area contributed by atoms with Gasteiger partial charge in [0, 0.05) is 18.9 Å². The molecule has 0 radical (unpaired) electrons. The van der Waals surface area contributed by atoms with Crippen LogP contribution in [0.2, 0.25) is 0 Å². The van der Waals surface area contributed by atoms with Crippen molar-refractivity contribution in [3.63, 3.8) is 0 Å². The fourth-order valence-electron chi connectivity index (χ4n) is 1.26. The van der Waals surface area contributed by atoms with Crippen LogP contribution in [0.5, 0.6) is 0 Å². The number of hydrogen-bond acceptors (Lipinski definition) is 4. The maximum atomic E-state index is 11.2. The minimum absolute atomic E-state index is 0.281. The fourth-order valence-corrected chi connectivity index (χ4v) is 1.26. The summed E-state index contributed by atoms with van der Waals surface area (Å²) in [7, 11) is 0. The van der Waals surface area contributed by atoms with Gasteiger partial charge < -0.3 is 10.4 Å². The van der Waals surface area contributed by atoms with E-state index >= 15 is 0 Å². The second-order valence-electron chi connectivity index (χ2n) is 3.41. The van der Waals surface area contributed by atoms with Gasteiger partial charge >= 0.3 is 5.69 Å².